The maximum atomic E-state index is 0. The Kier molecular flexibility index (Phi) is 217. The molecule has 0 saturated carbocycles. The fourth-order valence-corrected chi connectivity index (χ4v) is 0. The molecule has 3 N–H and O–H groups in total. The van der Waals surface area contributed by atoms with Gasteiger partial charge in [-0.2, -0.15) is 0 Å². The number of hydrogen-bond donors (Lipinski definition) is 1. The van der Waals surface area contributed by atoms with E-state index >= 15 is 0 Å². The molecule has 0 bridgehead atoms. The predicted molar refractivity (Wildman–Crippen MR) is 10.8 cm³/mol. The van der Waals surface area contributed by atoms with Crippen LogP contribution in [0.15, 0.2) is 0 Å². The third-order valence-corrected chi connectivity index (χ3v) is 0. The molecule has 0 amide bonds. The predicted octanol–water partition coefficient (Wildman–Crippen LogP) is -0.224. The molecule has 0 atom stereocenters. The molecule has 0 unspecified atom stereocenters. The second-order valence-electron chi connectivity index (χ2n) is 0. The van der Waals surface area contributed by atoms with E-state index in [1.54, 1.807) is 0 Å². The molecule has 0 saturated heterocycles. The summed E-state index contributed by atoms with van der Waals surface area (Å²) in [5.74, 6) is 0. The molecule has 4 heteroatoms. The summed E-state index contributed by atoms with van der Waals surface area (Å²) in [7, 11) is 0. The molecule has 0 aliphatic heterocycles. The molecule has 0 aromatic heterocycles. The molecular weight excluding hydrogens is 185 g/mol. The van der Waals surface area contributed by atoms with Crippen LogP contribution in [0, 0.1) is 0 Å². The minimum Gasteiger partial charge on any atom is -0.344 e. The molecule has 0 aromatic rings. The molecule has 0 aromatic carbocycles. The van der Waals surface area contributed by atoms with Crippen molar-refractivity contribution in [2.45, 2.75) is 0 Å². The van der Waals surface area contributed by atoms with E-state index < -0.39 is 0 Å². The van der Waals surface area contributed by atoms with Crippen molar-refractivity contribution >= 4 is 17.4 Å². The summed E-state index contributed by atoms with van der Waals surface area (Å²) >= 11 is 0. The average Bonchev–Trinajstić information content (AvgIpc) is 0. The van der Waals surface area contributed by atoms with Gasteiger partial charge in [0.1, 0.15) is 0 Å². The van der Waals surface area contributed by atoms with Crippen LogP contribution in [-0.4, -0.2) is 17.4 Å². The summed E-state index contributed by atoms with van der Waals surface area (Å²) in [6, 6.07) is 0. The Morgan fingerprint density at radius 1 is 1.00 bits per heavy atom. The van der Waals surface area contributed by atoms with Gasteiger partial charge in [0.05, 0.1) is 0 Å². The van der Waals surface area contributed by atoms with Crippen molar-refractivity contribution in [3.05, 3.63) is 0 Å². The van der Waals surface area contributed by atoms with Crippen molar-refractivity contribution in [3.8, 4) is 0 Å². The fraction of sp³-hybridized carbons (Fsp3) is 0. The van der Waals surface area contributed by atoms with Crippen molar-refractivity contribution in [2.24, 2.45) is 0 Å². The minimum atomic E-state index is 0. The molecule has 5 radical (unpaired) electrons. The normalized spacial score (nSPS) is 0. The van der Waals surface area contributed by atoms with Crippen LogP contribution in [-0.2, 0) is 40.9 Å². The molecule has 0 aliphatic carbocycles. The fourth-order valence-electron chi connectivity index (χ4n) is 0. The third kappa shape index (κ3) is 9.17. The number of rotatable bonds is 0. The molecular formula is H3AlNNbV. The van der Waals surface area contributed by atoms with Gasteiger partial charge in [-0.3, -0.25) is 0 Å². The second-order valence-corrected chi connectivity index (χ2v) is 0. The maximum absolute atomic E-state index is 0. The first-order valence-corrected chi connectivity index (χ1v) is 0. The van der Waals surface area contributed by atoms with Crippen LogP contribution in [0.5, 0.6) is 0 Å². The van der Waals surface area contributed by atoms with Crippen LogP contribution in [0.2, 0.25) is 0 Å². The van der Waals surface area contributed by atoms with Crippen LogP contribution in [0.3, 0.4) is 0 Å². The van der Waals surface area contributed by atoms with Gasteiger partial charge in [0.25, 0.3) is 0 Å². The summed E-state index contributed by atoms with van der Waals surface area (Å²) in [6.45, 7) is 0. The van der Waals surface area contributed by atoms with Gasteiger partial charge in [-0.15, -0.1) is 0 Å². The van der Waals surface area contributed by atoms with Gasteiger partial charge in [0.15, 0.2) is 0 Å². The van der Waals surface area contributed by atoms with Crippen LogP contribution >= 0.6 is 0 Å². The molecule has 0 fully saturated rings. The zero-order valence-corrected chi connectivity index (χ0v) is 6.93. The average molecular weight is 188 g/mol. The standard InChI is InChI=1S/Al.H3N.Nb.V/h;1H3;;. The minimum absolute atomic E-state index is 0. The van der Waals surface area contributed by atoms with E-state index in [1.807, 2.05) is 0 Å². The van der Waals surface area contributed by atoms with Gasteiger partial charge >= 0.3 is 0 Å². The van der Waals surface area contributed by atoms with E-state index in [9.17, 15) is 0 Å². The Hall–Kier alpha value is 1.82. The Labute approximate surface area is 64.0 Å². The molecule has 21 valence electrons. The summed E-state index contributed by atoms with van der Waals surface area (Å²) < 4.78 is 0. The van der Waals surface area contributed by atoms with E-state index in [4.69, 9.17) is 0 Å². The van der Waals surface area contributed by atoms with Crippen LogP contribution in [0.4, 0.5) is 0 Å². The van der Waals surface area contributed by atoms with E-state index in [-0.39, 0.29) is 64.4 Å². The topological polar surface area (TPSA) is 35.0 Å². The second kappa shape index (κ2) is 21.3. The van der Waals surface area contributed by atoms with Crippen molar-refractivity contribution in [3.63, 3.8) is 0 Å². The molecule has 4 heavy (non-hydrogen) atoms. The van der Waals surface area contributed by atoms with E-state index in [0.29, 0.717) is 0 Å². The third-order valence-electron chi connectivity index (χ3n) is 0. The first kappa shape index (κ1) is 40.9. The summed E-state index contributed by atoms with van der Waals surface area (Å²) in [6.07, 6.45) is 0. The molecule has 0 heterocycles. The van der Waals surface area contributed by atoms with Crippen molar-refractivity contribution in [1.82, 2.24) is 6.15 Å². The maximum Gasteiger partial charge on any atom is 0 e. The van der Waals surface area contributed by atoms with Crippen LogP contribution in [0.1, 0.15) is 0 Å². The molecule has 0 aliphatic rings. The zero-order chi connectivity index (χ0) is 0. The SMILES string of the molecule is N.[Al].[Nb].[V]. The largest absolute Gasteiger partial charge is 0.344 e. The smallest absolute Gasteiger partial charge is 0 e. The molecule has 0 rings (SSSR count). The van der Waals surface area contributed by atoms with Crippen LogP contribution in [0.25, 0.3) is 0 Å². The first-order valence-electron chi connectivity index (χ1n) is 0. The van der Waals surface area contributed by atoms with Crippen LogP contribution < -0.4 is 6.15 Å². The van der Waals surface area contributed by atoms with Crippen molar-refractivity contribution in [1.29, 1.82) is 0 Å². The van der Waals surface area contributed by atoms with Gasteiger partial charge in [-0.25, -0.2) is 0 Å². The monoisotopic (exact) mass is 188 g/mol. The Morgan fingerprint density at radius 3 is 1.00 bits per heavy atom. The van der Waals surface area contributed by atoms with Gasteiger partial charge in [0.2, 0.25) is 0 Å². The summed E-state index contributed by atoms with van der Waals surface area (Å²) in [5.41, 5.74) is 0. The van der Waals surface area contributed by atoms with Crippen molar-refractivity contribution < 1.29 is 40.9 Å². The molecule has 1 nitrogen and oxygen atoms in total. The van der Waals surface area contributed by atoms with Crippen molar-refractivity contribution in [2.75, 3.05) is 0 Å². The van der Waals surface area contributed by atoms with Gasteiger partial charge in [-0.05, 0) is 0 Å². The summed E-state index contributed by atoms with van der Waals surface area (Å²) in [4.78, 5) is 0. The van der Waals surface area contributed by atoms with Gasteiger partial charge < -0.3 is 6.15 Å². The first-order chi connectivity index (χ1) is 0. The Bertz CT molecular complexity index is 8.00. The van der Waals surface area contributed by atoms with E-state index in [1.165, 1.54) is 0 Å². The Morgan fingerprint density at radius 2 is 1.00 bits per heavy atom. The zero-order valence-electron chi connectivity index (χ0n) is 2.18. The van der Waals surface area contributed by atoms with Gasteiger partial charge in [-0.1, -0.05) is 0 Å². The number of hydrogen-bond acceptors (Lipinski definition) is 1. The quantitative estimate of drug-likeness (QED) is 0.523. The molecule has 0 spiro atoms. The van der Waals surface area contributed by atoms with E-state index in [2.05, 4.69) is 0 Å². The summed E-state index contributed by atoms with van der Waals surface area (Å²) in [5, 5.41) is 0. The van der Waals surface area contributed by atoms with Gasteiger partial charge in [0, 0.05) is 58.3 Å². The Balaban J connectivity index is 0. The van der Waals surface area contributed by atoms with E-state index in [0.717, 1.165) is 0 Å².